The quantitative estimate of drug-likeness (QED) is 0.646. The van der Waals surface area contributed by atoms with Crippen molar-refractivity contribution in [3.05, 3.63) is 0 Å². The van der Waals surface area contributed by atoms with Gasteiger partial charge in [0.2, 0.25) is 0 Å². The smallest absolute Gasteiger partial charge is 0.450 e. The lowest BCUT2D eigenvalue weighted by Gasteiger charge is -2.28. The van der Waals surface area contributed by atoms with Crippen molar-refractivity contribution in [3.63, 3.8) is 0 Å². The predicted octanol–water partition coefficient (Wildman–Crippen LogP) is 1.64. The number of carbonyl (C=O) groups is 1. The molecule has 70 valence electrons. The van der Waals surface area contributed by atoms with Crippen LogP contribution < -0.4 is 0 Å². The first-order chi connectivity index (χ1) is 5.74. The monoisotopic (exact) mass is 174 g/mol. The van der Waals surface area contributed by atoms with Gasteiger partial charge < -0.3 is 14.6 Å². The largest absolute Gasteiger partial charge is 0.506 e. The summed E-state index contributed by atoms with van der Waals surface area (Å²) in [7, 11) is 1.59. The molecule has 1 saturated carbocycles. The number of hydrogen-bond donors (Lipinski definition) is 1. The van der Waals surface area contributed by atoms with Crippen molar-refractivity contribution in [2.75, 3.05) is 7.11 Å². The molecule has 4 heteroatoms. The summed E-state index contributed by atoms with van der Waals surface area (Å²) in [5.74, 6) is 0. The van der Waals surface area contributed by atoms with E-state index in [-0.39, 0.29) is 12.2 Å². The van der Waals surface area contributed by atoms with Crippen LogP contribution in [0.1, 0.15) is 25.7 Å². The minimum Gasteiger partial charge on any atom is -0.450 e. The van der Waals surface area contributed by atoms with Crippen molar-refractivity contribution in [3.8, 4) is 0 Å². The van der Waals surface area contributed by atoms with Crippen LogP contribution in [0.2, 0.25) is 0 Å². The van der Waals surface area contributed by atoms with Gasteiger partial charge in [-0.3, -0.25) is 0 Å². The Morgan fingerprint density at radius 3 is 2.42 bits per heavy atom. The Kier molecular flexibility index (Phi) is 3.34. The number of hydrogen-bond acceptors (Lipinski definition) is 3. The molecule has 0 unspecified atom stereocenters. The van der Waals surface area contributed by atoms with E-state index in [1.165, 1.54) is 0 Å². The van der Waals surface area contributed by atoms with Gasteiger partial charge in [-0.15, -0.1) is 0 Å². The topological polar surface area (TPSA) is 55.8 Å². The Bertz CT molecular complexity index is 157. The van der Waals surface area contributed by atoms with Crippen molar-refractivity contribution in [2.45, 2.75) is 37.9 Å². The molecular weight excluding hydrogens is 160 g/mol. The van der Waals surface area contributed by atoms with E-state index in [0.29, 0.717) is 0 Å². The molecule has 1 rings (SSSR count). The normalized spacial score (nSPS) is 29.8. The van der Waals surface area contributed by atoms with Crippen LogP contribution in [0.4, 0.5) is 4.79 Å². The molecule has 0 spiro atoms. The Labute approximate surface area is 71.5 Å². The molecule has 0 aromatic carbocycles. The van der Waals surface area contributed by atoms with E-state index in [1.807, 2.05) is 0 Å². The summed E-state index contributed by atoms with van der Waals surface area (Å²) in [6.07, 6.45) is 2.29. The van der Waals surface area contributed by atoms with Crippen LogP contribution >= 0.6 is 0 Å². The summed E-state index contributed by atoms with van der Waals surface area (Å²) in [6, 6.07) is 0. The van der Waals surface area contributed by atoms with Crippen LogP contribution in [0.3, 0.4) is 0 Å². The fourth-order valence-corrected chi connectivity index (χ4v) is 1.60. The number of ether oxygens (including phenoxy) is 2. The average molecular weight is 174 g/mol. The fraction of sp³-hybridized carbons (Fsp3) is 0.875. The van der Waals surface area contributed by atoms with Gasteiger partial charge in [0.15, 0.2) is 0 Å². The highest BCUT2D eigenvalue weighted by Gasteiger charge is 2.27. The molecule has 1 aliphatic carbocycles. The molecule has 12 heavy (non-hydrogen) atoms. The SMILES string of the molecule is CO[C@H]1CCCC[C@H]1OC(=O)O. The molecule has 0 aromatic rings. The lowest BCUT2D eigenvalue weighted by atomic mass is 9.95. The highest BCUT2D eigenvalue weighted by molar-refractivity contribution is 5.57. The van der Waals surface area contributed by atoms with Crippen LogP contribution in [0.5, 0.6) is 0 Å². The van der Waals surface area contributed by atoms with Crippen LogP contribution in [-0.2, 0) is 9.47 Å². The predicted molar refractivity (Wildman–Crippen MR) is 42.2 cm³/mol. The van der Waals surface area contributed by atoms with Crippen molar-refractivity contribution in [1.82, 2.24) is 0 Å². The van der Waals surface area contributed by atoms with E-state index >= 15 is 0 Å². The maximum absolute atomic E-state index is 10.3. The molecule has 0 aliphatic heterocycles. The lowest BCUT2D eigenvalue weighted by molar-refractivity contribution is -0.0574. The summed E-state index contributed by atoms with van der Waals surface area (Å²) < 4.78 is 9.80. The van der Waals surface area contributed by atoms with Crippen molar-refractivity contribution in [1.29, 1.82) is 0 Å². The van der Waals surface area contributed by atoms with Gasteiger partial charge in [0.05, 0.1) is 6.10 Å². The Morgan fingerprint density at radius 2 is 1.92 bits per heavy atom. The summed E-state index contributed by atoms with van der Waals surface area (Å²) in [5.41, 5.74) is 0. The number of rotatable bonds is 2. The van der Waals surface area contributed by atoms with Gasteiger partial charge >= 0.3 is 6.16 Å². The first kappa shape index (κ1) is 9.32. The van der Waals surface area contributed by atoms with Gasteiger partial charge in [-0.25, -0.2) is 4.79 Å². The zero-order chi connectivity index (χ0) is 8.97. The molecule has 0 radical (unpaired) electrons. The third kappa shape index (κ3) is 2.37. The van der Waals surface area contributed by atoms with Crippen molar-refractivity contribution in [2.24, 2.45) is 0 Å². The maximum Gasteiger partial charge on any atom is 0.506 e. The van der Waals surface area contributed by atoms with Crippen LogP contribution in [0, 0.1) is 0 Å². The van der Waals surface area contributed by atoms with Gasteiger partial charge in [-0.05, 0) is 19.3 Å². The fourth-order valence-electron chi connectivity index (χ4n) is 1.60. The van der Waals surface area contributed by atoms with Gasteiger partial charge in [0.1, 0.15) is 6.10 Å². The molecule has 4 nitrogen and oxygen atoms in total. The molecule has 0 aromatic heterocycles. The molecular formula is C8H14O4. The highest BCUT2D eigenvalue weighted by Crippen LogP contribution is 2.23. The van der Waals surface area contributed by atoms with Gasteiger partial charge in [-0.1, -0.05) is 6.42 Å². The van der Waals surface area contributed by atoms with Crippen molar-refractivity contribution >= 4 is 6.16 Å². The average Bonchev–Trinajstić information content (AvgIpc) is 2.04. The van der Waals surface area contributed by atoms with E-state index in [0.717, 1.165) is 25.7 Å². The minimum absolute atomic E-state index is 0.0464. The summed E-state index contributed by atoms with van der Waals surface area (Å²) in [4.78, 5) is 10.3. The molecule has 0 saturated heterocycles. The summed E-state index contributed by atoms with van der Waals surface area (Å²) in [5, 5.41) is 8.40. The molecule has 0 heterocycles. The first-order valence-electron chi connectivity index (χ1n) is 4.16. The van der Waals surface area contributed by atoms with Gasteiger partial charge in [0, 0.05) is 7.11 Å². The summed E-state index contributed by atoms with van der Waals surface area (Å²) in [6.45, 7) is 0. The van der Waals surface area contributed by atoms with Crippen LogP contribution in [0.15, 0.2) is 0 Å². The van der Waals surface area contributed by atoms with E-state index in [2.05, 4.69) is 4.74 Å². The first-order valence-corrected chi connectivity index (χ1v) is 4.16. The Hall–Kier alpha value is -0.770. The summed E-state index contributed by atoms with van der Waals surface area (Å²) >= 11 is 0. The second kappa shape index (κ2) is 4.30. The van der Waals surface area contributed by atoms with Crippen molar-refractivity contribution < 1.29 is 19.4 Å². The molecule has 0 amide bonds. The van der Waals surface area contributed by atoms with Crippen LogP contribution in [0.25, 0.3) is 0 Å². The maximum atomic E-state index is 10.3. The second-order valence-corrected chi connectivity index (χ2v) is 2.98. The zero-order valence-electron chi connectivity index (χ0n) is 7.16. The Balaban J connectivity index is 2.41. The van der Waals surface area contributed by atoms with Crippen LogP contribution in [-0.4, -0.2) is 30.6 Å². The standard InChI is InChI=1S/C8H14O4/c1-11-6-4-2-3-5-7(6)12-8(9)10/h6-7H,2-5H2,1H3,(H,9,10)/t6-,7+/m0/s1. The third-order valence-corrected chi connectivity index (χ3v) is 2.20. The van der Waals surface area contributed by atoms with Gasteiger partial charge in [-0.2, -0.15) is 0 Å². The van der Waals surface area contributed by atoms with E-state index in [4.69, 9.17) is 9.84 Å². The molecule has 2 atom stereocenters. The molecule has 1 fully saturated rings. The van der Waals surface area contributed by atoms with E-state index < -0.39 is 6.16 Å². The Morgan fingerprint density at radius 1 is 1.33 bits per heavy atom. The minimum atomic E-state index is -1.20. The molecule has 1 aliphatic rings. The molecule has 0 bridgehead atoms. The van der Waals surface area contributed by atoms with E-state index in [9.17, 15) is 4.79 Å². The number of methoxy groups -OCH3 is 1. The number of carboxylic acid groups (broad SMARTS) is 1. The van der Waals surface area contributed by atoms with Gasteiger partial charge in [0.25, 0.3) is 0 Å². The highest BCUT2D eigenvalue weighted by atomic mass is 16.7. The van der Waals surface area contributed by atoms with E-state index in [1.54, 1.807) is 7.11 Å². The molecule has 1 N–H and O–H groups in total. The third-order valence-electron chi connectivity index (χ3n) is 2.20. The zero-order valence-corrected chi connectivity index (χ0v) is 7.16. The lowest BCUT2D eigenvalue weighted by Crippen LogP contribution is -2.35. The second-order valence-electron chi connectivity index (χ2n) is 2.98.